The maximum atomic E-state index is 12.0. The molecule has 1 amide bonds. The zero-order valence-corrected chi connectivity index (χ0v) is 10.4. The third-order valence-electron chi connectivity index (χ3n) is 3.93. The number of amides is 1. The van der Waals surface area contributed by atoms with Crippen molar-refractivity contribution in [3.63, 3.8) is 0 Å². The van der Waals surface area contributed by atoms with Crippen molar-refractivity contribution in [3.05, 3.63) is 0 Å². The normalized spacial score (nSPS) is 26.9. The van der Waals surface area contributed by atoms with Crippen molar-refractivity contribution in [1.29, 1.82) is 0 Å². The summed E-state index contributed by atoms with van der Waals surface area (Å²) in [5.41, 5.74) is -0.654. The van der Waals surface area contributed by atoms with E-state index in [-0.39, 0.29) is 5.92 Å². The minimum Gasteiger partial charge on any atom is -0.390 e. The van der Waals surface area contributed by atoms with E-state index in [1.807, 2.05) is 18.7 Å². The zero-order valence-electron chi connectivity index (χ0n) is 10.4. The molecule has 92 valence electrons. The summed E-state index contributed by atoms with van der Waals surface area (Å²) in [6.07, 6.45) is 5.27. The predicted molar refractivity (Wildman–Crippen MR) is 62.9 cm³/mol. The third kappa shape index (κ3) is 2.97. The second kappa shape index (κ2) is 4.36. The average Bonchev–Trinajstić information content (AvgIpc) is 3.00. The monoisotopic (exact) mass is 225 g/mol. The molecule has 0 spiro atoms. The molecule has 0 aromatic carbocycles. The van der Waals surface area contributed by atoms with Gasteiger partial charge in [0.2, 0.25) is 5.91 Å². The second-order valence-electron chi connectivity index (χ2n) is 5.98. The van der Waals surface area contributed by atoms with Crippen LogP contribution in [0.25, 0.3) is 0 Å². The van der Waals surface area contributed by atoms with Gasteiger partial charge in [-0.3, -0.25) is 4.79 Å². The van der Waals surface area contributed by atoms with Crippen molar-refractivity contribution >= 4 is 5.91 Å². The van der Waals surface area contributed by atoms with Crippen LogP contribution < -0.4 is 0 Å². The lowest BCUT2D eigenvalue weighted by Crippen LogP contribution is -2.47. The van der Waals surface area contributed by atoms with Crippen LogP contribution in [-0.2, 0) is 4.79 Å². The maximum absolute atomic E-state index is 12.0. The van der Waals surface area contributed by atoms with Gasteiger partial charge in [0.15, 0.2) is 0 Å². The molecule has 2 rings (SSSR count). The highest BCUT2D eigenvalue weighted by molar-refractivity contribution is 5.76. The van der Waals surface area contributed by atoms with Crippen LogP contribution in [0.5, 0.6) is 0 Å². The first-order valence-corrected chi connectivity index (χ1v) is 6.47. The number of carbonyl (C=O) groups is 1. The molecule has 16 heavy (non-hydrogen) atoms. The van der Waals surface area contributed by atoms with Gasteiger partial charge in [-0.05, 0) is 45.4 Å². The van der Waals surface area contributed by atoms with E-state index in [1.54, 1.807) is 0 Å². The van der Waals surface area contributed by atoms with E-state index in [4.69, 9.17) is 0 Å². The molecule has 1 aliphatic carbocycles. The molecular weight excluding hydrogens is 202 g/mol. The molecule has 1 saturated heterocycles. The fourth-order valence-corrected chi connectivity index (χ4v) is 2.48. The molecule has 3 heteroatoms. The minimum absolute atomic E-state index is 0.240. The van der Waals surface area contributed by atoms with Crippen LogP contribution in [0.15, 0.2) is 0 Å². The minimum atomic E-state index is -0.654. The predicted octanol–water partition coefficient (Wildman–Crippen LogP) is 1.80. The van der Waals surface area contributed by atoms with E-state index in [1.165, 1.54) is 12.8 Å². The molecule has 2 aliphatic rings. The molecule has 1 unspecified atom stereocenters. The summed E-state index contributed by atoms with van der Waals surface area (Å²) < 4.78 is 0. The molecule has 1 N–H and O–H groups in total. The smallest absolute Gasteiger partial charge is 0.222 e. The van der Waals surface area contributed by atoms with Crippen LogP contribution in [0, 0.1) is 11.8 Å². The Morgan fingerprint density at radius 1 is 1.38 bits per heavy atom. The summed E-state index contributed by atoms with van der Waals surface area (Å²) in [7, 11) is 0. The zero-order chi connectivity index (χ0) is 11.8. The van der Waals surface area contributed by atoms with E-state index in [0.717, 1.165) is 32.4 Å². The Bertz CT molecular complexity index is 266. The molecular formula is C13H23NO2. The lowest BCUT2D eigenvalue weighted by Gasteiger charge is -2.38. The molecule has 0 bridgehead atoms. The van der Waals surface area contributed by atoms with Gasteiger partial charge in [-0.1, -0.05) is 0 Å². The van der Waals surface area contributed by atoms with Crippen LogP contribution in [0.2, 0.25) is 0 Å². The topological polar surface area (TPSA) is 40.5 Å². The summed E-state index contributed by atoms with van der Waals surface area (Å²) in [5, 5.41) is 10.00. The highest BCUT2D eigenvalue weighted by Gasteiger charge is 2.34. The second-order valence-corrected chi connectivity index (χ2v) is 5.98. The number of likely N-dealkylation sites (tertiary alicyclic amines) is 1. The Kier molecular flexibility index (Phi) is 3.24. The van der Waals surface area contributed by atoms with Crippen LogP contribution in [0.4, 0.5) is 0 Å². The van der Waals surface area contributed by atoms with Crippen molar-refractivity contribution in [1.82, 2.24) is 4.90 Å². The van der Waals surface area contributed by atoms with Crippen LogP contribution in [0.3, 0.4) is 0 Å². The van der Waals surface area contributed by atoms with Crippen molar-refractivity contribution in [2.24, 2.45) is 11.8 Å². The molecule has 1 atom stereocenters. The molecule has 3 nitrogen and oxygen atoms in total. The Labute approximate surface area is 97.8 Å². The Morgan fingerprint density at radius 2 is 2.06 bits per heavy atom. The maximum Gasteiger partial charge on any atom is 0.222 e. The first-order valence-electron chi connectivity index (χ1n) is 6.47. The molecule has 0 radical (unpaired) electrons. The van der Waals surface area contributed by atoms with E-state index < -0.39 is 5.60 Å². The SMILES string of the molecule is CC(C)(O)C1CCCN(C(=O)CC2CC2)C1. The summed E-state index contributed by atoms with van der Waals surface area (Å²) >= 11 is 0. The molecule has 0 aromatic rings. The number of hydrogen-bond donors (Lipinski definition) is 1. The van der Waals surface area contributed by atoms with Gasteiger partial charge in [0.1, 0.15) is 0 Å². The molecule has 1 aliphatic heterocycles. The van der Waals surface area contributed by atoms with Gasteiger partial charge < -0.3 is 10.0 Å². The standard InChI is InChI=1S/C13H23NO2/c1-13(2,16)11-4-3-7-14(9-11)12(15)8-10-5-6-10/h10-11,16H,3-9H2,1-2H3. The van der Waals surface area contributed by atoms with Crippen molar-refractivity contribution < 1.29 is 9.90 Å². The number of aliphatic hydroxyl groups is 1. The van der Waals surface area contributed by atoms with Gasteiger partial charge in [-0.2, -0.15) is 0 Å². The van der Waals surface area contributed by atoms with Crippen LogP contribution in [0.1, 0.15) is 46.0 Å². The first-order chi connectivity index (χ1) is 7.47. The Balaban J connectivity index is 1.87. The number of hydrogen-bond acceptors (Lipinski definition) is 2. The highest BCUT2D eigenvalue weighted by atomic mass is 16.3. The van der Waals surface area contributed by atoms with E-state index in [9.17, 15) is 9.90 Å². The van der Waals surface area contributed by atoms with Gasteiger partial charge in [0.25, 0.3) is 0 Å². The fraction of sp³-hybridized carbons (Fsp3) is 0.923. The summed E-state index contributed by atoms with van der Waals surface area (Å²) in [5.74, 6) is 1.20. The molecule has 2 fully saturated rings. The quantitative estimate of drug-likeness (QED) is 0.795. The lowest BCUT2D eigenvalue weighted by molar-refractivity contribution is -0.135. The number of carbonyl (C=O) groups excluding carboxylic acids is 1. The van der Waals surface area contributed by atoms with E-state index in [2.05, 4.69) is 0 Å². The molecule has 1 saturated carbocycles. The lowest BCUT2D eigenvalue weighted by atomic mass is 9.84. The fourth-order valence-electron chi connectivity index (χ4n) is 2.48. The van der Waals surface area contributed by atoms with E-state index in [0.29, 0.717) is 11.8 Å². The van der Waals surface area contributed by atoms with Crippen LogP contribution >= 0.6 is 0 Å². The Hall–Kier alpha value is -0.570. The number of piperidine rings is 1. The summed E-state index contributed by atoms with van der Waals surface area (Å²) in [6, 6.07) is 0. The highest BCUT2D eigenvalue weighted by Crippen LogP contribution is 2.34. The van der Waals surface area contributed by atoms with Gasteiger partial charge >= 0.3 is 0 Å². The first kappa shape index (κ1) is 11.9. The van der Waals surface area contributed by atoms with Gasteiger partial charge in [-0.25, -0.2) is 0 Å². The van der Waals surface area contributed by atoms with Crippen molar-refractivity contribution in [3.8, 4) is 0 Å². The van der Waals surface area contributed by atoms with Gasteiger partial charge in [0, 0.05) is 25.4 Å². The number of nitrogens with zero attached hydrogens (tertiary/aromatic N) is 1. The van der Waals surface area contributed by atoms with Gasteiger partial charge in [0.05, 0.1) is 5.60 Å². The number of rotatable bonds is 3. The van der Waals surface area contributed by atoms with Crippen molar-refractivity contribution in [2.45, 2.75) is 51.6 Å². The van der Waals surface area contributed by atoms with Gasteiger partial charge in [-0.15, -0.1) is 0 Å². The Morgan fingerprint density at radius 3 is 2.62 bits per heavy atom. The molecule has 0 aromatic heterocycles. The summed E-state index contributed by atoms with van der Waals surface area (Å²) in [4.78, 5) is 13.9. The molecule has 1 heterocycles. The summed E-state index contributed by atoms with van der Waals surface area (Å²) in [6.45, 7) is 5.34. The largest absolute Gasteiger partial charge is 0.390 e. The van der Waals surface area contributed by atoms with E-state index >= 15 is 0 Å². The average molecular weight is 225 g/mol. The van der Waals surface area contributed by atoms with Crippen molar-refractivity contribution in [2.75, 3.05) is 13.1 Å². The van der Waals surface area contributed by atoms with Crippen LogP contribution in [-0.4, -0.2) is 34.6 Å². The third-order valence-corrected chi connectivity index (χ3v) is 3.93.